The molecule has 0 saturated heterocycles. The van der Waals surface area contributed by atoms with Crippen molar-refractivity contribution in [3.8, 4) is 0 Å². The summed E-state index contributed by atoms with van der Waals surface area (Å²) >= 11 is 1.35. The van der Waals surface area contributed by atoms with Gasteiger partial charge in [-0.1, -0.05) is 12.1 Å². The zero-order chi connectivity index (χ0) is 13.0. The van der Waals surface area contributed by atoms with Gasteiger partial charge in [-0.2, -0.15) is 0 Å². The molecule has 0 fully saturated rings. The summed E-state index contributed by atoms with van der Waals surface area (Å²) in [5.74, 6) is -1.35. The van der Waals surface area contributed by atoms with Crippen LogP contribution in [-0.2, 0) is 6.42 Å². The van der Waals surface area contributed by atoms with Crippen LogP contribution in [0, 0.1) is 11.6 Å². The first-order valence-electron chi connectivity index (χ1n) is 5.42. The molecule has 0 aliphatic rings. The summed E-state index contributed by atoms with van der Waals surface area (Å²) in [6, 6.07) is 6.95. The van der Waals surface area contributed by atoms with E-state index in [0.29, 0.717) is 23.4 Å². The van der Waals surface area contributed by atoms with Gasteiger partial charge < -0.3 is 5.32 Å². The molecule has 18 heavy (non-hydrogen) atoms. The molecular weight excluding hydrogens is 256 g/mol. The third-order valence-corrected chi connectivity index (χ3v) is 3.31. The molecule has 0 aliphatic carbocycles. The molecule has 2 rings (SSSR count). The maximum Gasteiger partial charge on any atom is 0.261 e. The first-order chi connectivity index (χ1) is 8.66. The van der Waals surface area contributed by atoms with Gasteiger partial charge >= 0.3 is 0 Å². The van der Waals surface area contributed by atoms with Crippen LogP contribution in [0.3, 0.4) is 0 Å². The first kappa shape index (κ1) is 12.7. The maximum atomic E-state index is 13.3. The zero-order valence-corrected chi connectivity index (χ0v) is 10.3. The van der Waals surface area contributed by atoms with Gasteiger partial charge in [0.2, 0.25) is 0 Å². The van der Waals surface area contributed by atoms with Gasteiger partial charge in [0.05, 0.1) is 4.88 Å². The molecule has 0 atom stereocenters. The fourth-order valence-corrected chi connectivity index (χ4v) is 2.17. The highest BCUT2D eigenvalue weighted by atomic mass is 32.1. The lowest BCUT2D eigenvalue weighted by molar-refractivity contribution is 0.0958. The molecule has 1 N–H and O–H groups in total. The van der Waals surface area contributed by atoms with E-state index in [0.717, 1.165) is 6.07 Å². The topological polar surface area (TPSA) is 29.1 Å². The summed E-state index contributed by atoms with van der Waals surface area (Å²) in [5.41, 5.74) is 0.392. The minimum absolute atomic E-state index is 0.174. The lowest BCUT2D eigenvalue weighted by Crippen LogP contribution is -2.25. The third kappa shape index (κ3) is 3.13. The van der Waals surface area contributed by atoms with E-state index >= 15 is 0 Å². The number of carbonyl (C=O) groups is 1. The molecule has 0 unspecified atom stereocenters. The Morgan fingerprint density at radius 3 is 2.78 bits per heavy atom. The lowest BCUT2D eigenvalue weighted by atomic mass is 10.1. The van der Waals surface area contributed by atoms with Gasteiger partial charge in [-0.05, 0) is 29.5 Å². The normalized spacial score (nSPS) is 10.3. The van der Waals surface area contributed by atoms with E-state index in [1.165, 1.54) is 23.5 Å². The molecule has 94 valence electrons. The van der Waals surface area contributed by atoms with Crippen LogP contribution in [0.5, 0.6) is 0 Å². The van der Waals surface area contributed by atoms with Gasteiger partial charge in [0, 0.05) is 12.6 Å². The Morgan fingerprint density at radius 2 is 2.11 bits per heavy atom. The summed E-state index contributed by atoms with van der Waals surface area (Å²) in [4.78, 5) is 12.2. The second kappa shape index (κ2) is 5.73. The van der Waals surface area contributed by atoms with Crippen LogP contribution in [0.2, 0.25) is 0 Å². The predicted octanol–water partition coefficient (Wildman–Crippen LogP) is 3.00. The Morgan fingerprint density at radius 1 is 1.28 bits per heavy atom. The van der Waals surface area contributed by atoms with Crippen LogP contribution >= 0.6 is 11.3 Å². The zero-order valence-electron chi connectivity index (χ0n) is 9.45. The third-order valence-electron chi connectivity index (χ3n) is 2.44. The van der Waals surface area contributed by atoms with E-state index in [1.807, 2.05) is 5.38 Å². The largest absolute Gasteiger partial charge is 0.351 e. The highest BCUT2D eigenvalue weighted by Gasteiger charge is 2.07. The van der Waals surface area contributed by atoms with Crippen molar-refractivity contribution in [2.45, 2.75) is 6.42 Å². The Hall–Kier alpha value is -1.75. The number of hydrogen-bond donors (Lipinski definition) is 1. The second-order valence-corrected chi connectivity index (χ2v) is 4.67. The molecule has 0 radical (unpaired) electrons. The van der Waals surface area contributed by atoms with Crippen molar-refractivity contribution in [2.75, 3.05) is 6.54 Å². The van der Waals surface area contributed by atoms with Crippen molar-refractivity contribution in [3.63, 3.8) is 0 Å². The number of rotatable bonds is 4. The van der Waals surface area contributed by atoms with E-state index < -0.39 is 11.6 Å². The molecule has 1 aromatic carbocycles. The van der Waals surface area contributed by atoms with Crippen LogP contribution < -0.4 is 5.32 Å². The van der Waals surface area contributed by atoms with Crippen LogP contribution in [0.4, 0.5) is 8.78 Å². The van der Waals surface area contributed by atoms with E-state index in [9.17, 15) is 13.6 Å². The summed E-state index contributed by atoms with van der Waals surface area (Å²) in [7, 11) is 0. The van der Waals surface area contributed by atoms with Gasteiger partial charge in [-0.3, -0.25) is 4.79 Å². The minimum Gasteiger partial charge on any atom is -0.351 e. The number of halogens is 2. The molecule has 0 bridgehead atoms. The summed E-state index contributed by atoms with van der Waals surface area (Å²) < 4.78 is 26.0. The fraction of sp³-hybridized carbons (Fsp3) is 0.154. The minimum atomic E-state index is -0.598. The average Bonchev–Trinajstić information content (AvgIpc) is 2.85. The molecule has 1 amide bonds. The van der Waals surface area contributed by atoms with Crippen molar-refractivity contribution >= 4 is 17.2 Å². The van der Waals surface area contributed by atoms with Crippen molar-refractivity contribution in [2.24, 2.45) is 0 Å². The highest BCUT2D eigenvalue weighted by Crippen LogP contribution is 2.10. The number of carbonyl (C=O) groups excluding carboxylic acids is 1. The molecule has 2 nitrogen and oxygen atoms in total. The van der Waals surface area contributed by atoms with Crippen LogP contribution in [0.25, 0.3) is 0 Å². The Balaban J connectivity index is 1.87. The van der Waals surface area contributed by atoms with Gasteiger partial charge in [-0.25, -0.2) is 8.78 Å². The second-order valence-electron chi connectivity index (χ2n) is 3.72. The summed E-state index contributed by atoms with van der Waals surface area (Å²) in [6.07, 6.45) is 0.337. The van der Waals surface area contributed by atoms with Gasteiger partial charge in [0.1, 0.15) is 11.6 Å². The number of hydrogen-bond acceptors (Lipinski definition) is 2. The fourth-order valence-electron chi connectivity index (χ4n) is 1.53. The van der Waals surface area contributed by atoms with Crippen molar-refractivity contribution in [1.82, 2.24) is 5.32 Å². The SMILES string of the molecule is O=C(NCCc1ccc(F)cc1F)c1cccs1. The molecule has 1 heterocycles. The maximum absolute atomic E-state index is 13.3. The molecule has 0 aliphatic heterocycles. The molecule has 5 heteroatoms. The van der Waals surface area contributed by atoms with Crippen LogP contribution in [0.1, 0.15) is 15.2 Å². The smallest absolute Gasteiger partial charge is 0.261 e. The van der Waals surface area contributed by atoms with Gasteiger partial charge in [-0.15, -0.1) is 11.3 Å². The van der Waals surface area contributed by atoms with Crippen molar-refractivity contribution in [3.05, 3.63) is 57.8 Å². The van der Waals surface area contributed by atoms with E-state index in [1.54, 1.807) is 12.1 Å². The number of benzene rings is 1. The quantitative estimate of drug-likeness (QED) is 0.906. The van der Waals surface area contributed by atoms with Gasteiger partial charge in [0.15, 0.2) is 0 Å². The Kier molecular flexibility index (Phi) is 4.04. The van der Waals surface area contributed by atoms with Crippen LogP contribution in [-0.4, -0.2) is 12.5 Å². The first-order valence-corrected chi connectivity index (χ1v) is 6.30. The molecule has 0 saturated carbocycles. The molecule has 0 spiro atoms. The van der Waals surface area contributed by atoms with E-state index in [-0.39, 0.29) is 5.91 Å². The summed E-state index contributed by atoms with van der Waals surface area (Å²) in [5, 5.41) is 4.50. The Bertz CT molecular complexity index is 540. The number of nitrogens with one attached hydrogen (secondary N) is 1. The number of thiophene rings is 1. The van der Waals surface area contributed by atoms with Crippen molar-refractivity contribution < 1.29 is 13.6 Å². The van der Waals surface area contributed by atoms with E-state index in [2.05, 4.69) is 5.32 Å². The highest BCUT2D eigenvalue weighted by molar-refractivity contribution is 7.12. The average molecular weight is 267 g/mol. The molecular formula is C13H11F2NOS. The summed E-state index contributed by atoms with van der Waals surface area (Å²) in [6.45, 7) is 0.319. The van der Waals surface area contributed by atoms with E-state index in [4.69, 9.17) is 0 Å². The molecule has 2 aromatic rings. The number of amides is 1. The monoisotopic (exact) mass is 267 g/mol. The Labute approximate surface area is 107 Å². The van der Waals surface area contributed by atoms with Crippen molar-refractivity contribution in [1.29, 1.82) is 0 Å². The lowest BCUT2D eigenvalue weighted by Gasteiger charge is -2.05. The predicted molar refractivity (Wildman–Crippen MR) is 66.7 cm³/mol. The van der Waals surface area contributed by atoms with Crippen LogP contribution in [0.15, 0.2) is 35.7 Å². The van der Waals surface area contributed by atoms with Gasteiger partial charge in [0.25, 0.3) is 5.91 Å². The molecule has 1 aromatic heterocycles. The standard InChI is InChI=1S/C13H11F2NOS/c14-10-4-3-9(11(15)8-10)5-6-16-13(17)12-2-1-7-18-12/h1-4,7-8H,5-6H2,(H,16,17).